The van der Waals surface area contributed by atoms with E-state index in [-0.39, 0.29) is 5.56 Å². The van der Waals surface area contributed by atoms with E-state index in [4.69, 9.17) is 5.73 Å². The average Bonchev–Trinajstić information content (AvgIpc) is 3.16. The van der Waals surface area contributed by atoms with Crippen LogP contribution in [0.15, 0.2) is 47.5 Å². The smallest absolute Gasteiger partial charge is 0.253 e. The predicted octanol–water partition coefficient (Wildman–Crippen LogP) is 2.87. The number of primary amides is 1. The second kappa shape index (κ2) is 9.03. The third-order valence-electron chi connectivity index (χ3n) is 6.78. The van der Waals surface area contributed by atoms with E-state index < -0.39 is 5.91 Å². The molecule has 5 rings (SSSR count). The molecule has 1 fully saturated rings. The number of piperazine rings is 1. The highest BCUT2D eigenvalue weighted by Crippen LogP contribution is 2.32. The second-order valence-electron chi connectivity index (χ2n) is 9.31. The molecule has 0 spiro atoms. The lowest BCUT2D eigenvalue weighted by atomic mass is 9.99. The molecular weight excluding hydrogens is 440 g/mol. The van der Waals surface area contributed by atoms with Crippen molar-refractivity contribution in [1.82, 2.24) is 19.9 Å². The molecule has 1 amide bonds. The van der Waals surface area contributed by atoms with E-state index >= 15 is 0 Å². The predicted molar refractivity (Wildman–Crippen MR) is 139 cm³/mol. The number of nitrogens with zero attached hydrogens (tertiary/aromatic N) is 3. The summed E-state index contributed by atoms with van der Waals surface area (Å²) in [4.78, 5) is 35.0. The van der Waals surface area contributed by atoms with E-state index in [1.807, 2.05) is 68.1 Å². The summed E-state index contributed by atoms with van der Waals surface area (Å²) < 4.78 is 2.02. The molecule has 0 atom stereocenters. The normalized spacial score (nSPS) is 14.0. The topological polar surface area (TPSA) is 109 Å². The van der Waals surface area contributed by atoms with Gasteiger partial charge in [-0.1, -0.05) is 0 Å². The van der Waals surface area contributed by atoms with E-state index in [0.717, 1.165) is 70.8 Å². The Morgan fingerprint density at radius 3 is 2.49 bits per heavy atom. The van der Waals surface area contributed by atoms with E-state index in [1.165, 1.54) is 0 Å². The highest BCUT2D eigenvalue weighted by atomic mass is 16.1. The maximum atomic E-state index is 12.7. The maximum Gasteiger partial charge on any atom is 0.253 e. The van der Waals surface area contributed by atoms with Gasteiger partial charge in [-0.25, -0.2) is 4.98 Å². The molecule has 8 nitrogen and oxygen atoms in total. The van der Waals surface area contributed by atoms with Crippen molar-refractivity contribution in [2.45, 2.75) is 27.3 Å². The molecule has 4 aromatic rings. The number of hydrogen-bond acceptors (Lipinski definition) is 5. The summed E-state index contributed by atoms with van der Waals surface area (Å²) in [7, 11) is 0. The lowest BCUT2D eigenvalue weighted by molar-refractivity contribution is 0.100. The molecule has 1 aromatic carbocycles. The number of aromatic amines is 1. The molecule has 1 aliphatic heterocycles. The fourth-order valence-electron chi connectivity index (χ4n) is 5.01. The van der Waals surface area contributed by atoms with Crippen LogP contribution in [-0.4, -0.2) is 46.6 Å². The van der Waals surface area contributed by atoms with Gasteiger partial charge in [0.2, 0.25) is 5.91 Å². The van der Waals surface area contributed by atoms with E-state index in [0.29, 0.717) is 17.7 Å². The number of nitrogens with two attached hydrogens (primary N) is 1. The molecule has 4 heterocycles. The molecule has 0 aliphatic carbocycles. The minimum Gasteiger partial charge on any atom is -0.366 e. The molecule has 35 heavy (non-hydrogen) atoms. The standard InChI is InChI=1S/C27H30N6O2/c1-16-10-18(3)31-27(35)22(16)15-33-14-17(2)25-21(26(28)34)11-20(12-23(25)33)19-4-5-24(30-13-19)32-8-6-29-7-9-32/h4-5,10-14,29H,6-9,15H2,1-3H3,(H2,28,34)(H,31,35). The third kappa shape index (κ3) is 4.33. The van der Waals surface area contributed by atoms with Crippen molar-refractivity contribution >= 4 is 22.6 Å². The van der Waals surface area contributed by atoms with Gasteiger partial charge in [-0.2, -0.15) is 0 Å². The first kappa shape index (κ1) is 22.9. The summed E-state index contributed by atoms with van der Waals surface area (Å²) in [6.07, 6.45) is 3.82. The molecule has 0 bridgehead atoms. The summed E-state index contributed by atoms with van der Waals surface area (Å²) in [5, 5.41) is 4.17. The molecule has 0 unspecified atom stereocenters. The fraction of sp³-hybridized carbons (Fsp3) is 0.296. The van der Waals surface area contributed by atoms with Crippen LogP contribution >= 0.6 is 0 Å². The van der Waals surface area contributed by atoms with Crippen molar-refractivity contribution in [3.63, 3.8) is 0 Å². The number of carbonyl (C=O) groups excluding carboxylic acids is 1. The van der Waals surface area contributed by atoms with Crippen LogP contribution in [-0.2, 0) is 6.54 Å². The number of H-pyrrole nitrogens is 1. The highest BCUT2D eigenvalue weighted by molar-refractivity contribution is 6.08. The number of benzene rings is 1. The number of fused-ring (bicyclic) bond motifs is 1. The zero-order valence-corrected chi connectivity index (χ0v) is 20.3. The van der Waals surface area contributed by atoms with Gasteiger partial charge in [0.05, 0.1) is 12.1 Å². The van der Waals surface area contributed by atoms with Gasteiger partial charge in [0.1, 0.15) is 5.82 Å². The maximum absolute atomic E-state index is 12.7. The summed E-state index contributed by atoms with van der Waals surface area (Å²) >= 11 is 0. The van der Waals surface area contributed by atoms with Crippen LogP contribution in [0.2, 0.25) is 0 Å². The van der Waals surface area contributed by atoms with Gasteiger partial charge < -0.3 is 25.5 Å². The van der Waals surface area contributed by atoms with Crippen molar-refractivity contribution < 1.29 is 4.79 Å². The van der Waals surface area contributed by atoms with Gasteiger partial charge >= 0.3 is 0 Å². The average molecular weight is 471 g/mol. The molecule has 1 aliphatic rings. The molecule has 4 N–H and O–H groups in total. The second-order valence-corrected chi connectivity index (χ2v) is 9.31. The van der Waals surface area contributed by atoms with E-state index in [1.54, 1.807) is 0 Å². The number of pyridine rings is 2. The Bertz CT molecular complexity index is 1480. The van der Waals surface area contributed by atoms with Crippen molar-refractivity contribution in [2.24, 2.45) is 5.73 Å². The lowest BCUT2D eigenvalue weighted by Crippen LogP contribution is -2.43. The number of hydrogen-bond donors (Lipinski definition) is 3. The molecule has 0 saturated carbocycles. The first-order valence-corrected chi connectivity index (χ1v) is 11.9. The van der Waals surface area contributed by atoms with Gasteiger partial charge in [0, 0.05) is 66.3 Å². The quantitative estimate of drug-likeness (QED) is 0.416. The lowest BCUT2D eigenvalue weighted by Gasteiger charge is -2.28. The molecular formula is C27H30N6O2. The molecule has 180 valence electrons. The van der Waals surface area contributed by atoms with Gasteiger partial charge in [-0.15, -0.1) is 0 Å². The SMILES string of the molecule is Cc1cc(C)c(Cn2cc(C)c3c(C(N)=O)cc(-c4ccc(N5CCNCC5)nc4)cc32)c(=O)[nH]1. The Kier molecular flexibility index (Phi) is 5.90. The van der Waals surface area contributed by atoms with Crippen LogP contribution in [0.5, 0.6) is 0 Å². The van der Waals surface area contributed by atoms with Crippen LogP contribution in [0.3, 0.4) is 0 Å². The van der Waals surface area contributed by atoms with E-state index in [2.05, 4.69) is 20.2 Å². The zero-order valence-electron chi connectivity index (χ0n) is 20.3. The van der Waals surface area contributed by atoms with Gasteiger partial charge in [-0.05, 0) is 67.8 Å². The number of aromatic nitrogens is 3. The summed E-state index contributed by atoms with van der Waals surface area (Å²) in [6.45, 7) is 9.92. The number of aryl methyl sites for hydroxylation is 3. The highest BCUT2D eigenvalue weighted by Gasteiger charge is 2.18. The Morgan fingerprint density at radius 1 is 1.06 bits per heavy atom. The largest absolute Gasteiger partial charge is 0.366 e. The van der Waals surface area contributed by atoms with Crippen LogP contribution in [0, 0.1) is 20.8 Å². The van der Waals surface area contributed by atoms with Crippen LogP contribution in [0.4, 0.5) is 5.82 Å². The molecule has 1 saturated heterocycles. The van der Waals surface area contributed by atoms with Gasteiger partial charge in [0.25, 0.3) is 5.56 Å². The number of rotatable bonds is 5. The Balaban J connectivity index is 1.60. The monoisotopic (exact) mass is 470 g/mol. The Labute approximate surface area is 203 Å². The zero-order chi connectivity index (χ0) is 24.7. The van der Waals surface area contributed by atoms with Crippen LogP contribution < -0.4 is 21.5 Å². The van der Waals surface area contributed by atoms with Crippen molar-refractivity contribution in [1.29, 1.82) is 0 Å². The molecule has 3 aromatic heterocycles. The van der Waals surface area contributed by atoms with Crippen molar-refractivity contribution in [3.8, 4) is 11.1 Å². The minimum atomic E-state index is -0.479. The summed E-state index contributed by atoms with van der Waals surface area (Å²) in [5.41, 5.74) is 12.2. The number of nitrogens with one attached hydrogen (secondary N) is 2. The Morgan fingerprint density at radius 2 is 1.83 bits per heavy atom. The summed E-state index contributed by atoms with van der Waals surface area (Å²) in [6, 6.07) is 9.92. The fourth-order valence-corrected chi connectivity index (χ4v) is 5.01. The summed E-state index contributed by atoms with van der Waals surface area (Å²) in [5.74, 6) is 0.465. The Hall–Kier alpha value is -3.91. The minimum absolute atomic E-state index is 0.0963. The van der Waals surface area contributed by atoms with Crippen LogP contribution in [0.1, 0.15) is 32.7 Å². The first-order chi connectivity index (χ1) is 16.8. The number of anilines is 1. The van der Waals surface area contributed by atoms with Gasteiger partial charge in [-0.3, -0.25) is 9.59 Å². The molecule has 0 radical (unpaired) electrons. The van der Waals surface area contributed by atoms with E-state index in [9.17, 15) is 9.59 Å². The molecule has 8 heteroatoms. The third-order valence-corrected chi connectivity index (χ3v) is 6.78. The first-order valence-electron chi connectivity index (χ1n) is 11.9. The van der Waals surface area contributed by atoms with Crippen LogP contribution in [0.25, 0.3) is 22.0 Å². The van der Waals surface area contributed by atoms with Gasteiger partial charge in [0.15, 0.2) is 0 Å². The van der Waals surface area contributed by atoms with Crippen molar-refractivity contribution in [2.75, 3.05) is 31.1 Å². The number of carbonyl (C=O) groups is 1. The van der Waals surface area contributed by atoms with Crippen molar-refractivity contribution in [3.05, 3.63) is 81.0 Å². The number of amides is 1.